The van der Waals surface area contributed by atoms with Crippen molar-refractivity contribution in [2.45, 2.75) is 46.7 Å². The van der Waals surface area contributed by atoms with Gasteiger partial charge in [0.05, 0.1) is 13.0 Å². The Morgan fingerprint density at radius 3 is 2.52 bits per heavy atom. The highest BCUT2D eigenvalue weighted by Crippen LogP contribution is 2.19. The van der Waals surface area contributed by atoms with E-state index in [0.717, 1.165) is 11.3 Å². The first-order valence-electron chi connectivity index (χ1n) is 7.22. The van der Waals surface area contributed by atoms with E-state index in [1.807, 2.05) is 24.0 Å². The molecule has 0 spiro atoms. The zero-order valence-corrected chi connectivity index (χ0v) is 13.9. The van der Waals surface area contributed by atoms with Gasteiger partial charge >= 0.3 is 0 Å². The molecule has 2 aromatic heterocycles. The molecule has 0 aromatic carbocycles. The summed E-state index contributed by atoms with van der Waals surface area (Å²) in [5.74, 6) is 0.154. The van der Waals surface area contributed by atoms with Gasteiger partial charge in [-0.15, -0.1) is 11.3 Å². The minimum atomic E-state index is 0.154. The number of rotatable bonds is 5. The number of pyridine rings is 1. The van der Waals surface area contributed by atoms with Crippen LogP contribution in [0.4, 0.5) is 0 Å². The Hall–Kier alpha value is -1.68. The minimum absolute atomic E-state index is 0.154. The van der Waals surface area contributed by atoms with Crippen molar-refractivity contribution in [1.29, 1.82) is 0 Å². The molecule has 0 aliphatic rings. The second-order valence-corrected chi connectivity index (χ2v) is 6.98. The average molecular weight is 302 g/mol. The highest BCUT2D eigenvalue weighted by Gasteiger charge is 2.18. The fraction of sp³-hybridized carbons (Fsp3) is 0.412. The van der Waals surface area contributed by atoms with Crippen LogP contribution in [0.3, 0.4) is 0 Å². The molecule has 112 valence electrons. The lowest BCUT2D eigenvalue weighted by atomic mass is 10.1. The van der Waals surface area contributed by atoms with Gasteiger partial charge in [0.1, 0.15) is 0 Å². The van der Waals surface area contributed by atoms with Crippen LogP contribution < -0.4 is 0 Å². The topological polar surface area (TPSA) is 33.2 Å². The first kappa shape index (κ1) is 15.7. The first-order chi connectivity index (χ1) is 9.95. The Bertz CT molecular complexity index is 602. The molecule has 2 aromatic rings. The van der Waals surface area contributed by atoms with Crippen LogP contribution >= 0.6 is 11.3 Å². The summed E-state index contributed by atoms with van der Waals surface area (Å²) in [5, 5.41) is 0. The number of hydrogen-bond donors (Lipinski definition) is 0. The molecule has 0 N–H and O–H groups in total. The Morgan fingerprint density at radius 1 is 1.24 bits per heavy atom. The Labute approximate surface area is 130 Å². The van der Waals surface area contributed by atoms with Crippen LogP contribution in [0.1, 0.15) is 34.9 Å². The molecule has 2 rings (SSSR count). The van der Waals surface area contributed by atoms with Crippen molar-refractivity contribution in [2.24, 2.45) is 0 Å². The van der Waals surface area contributed by atoms with E-state index in [1.165, 1.54) is 9.75 Å². The summed E-state index contributed by atoms with van der Waals surface area (Å²) in [5.41, 5.74) is 1.94. The number of nitrogens with zero attached hydrogens (tertiary/aromatic N) is 2. The maximum Gasteiger partial charge on any atom is 0.227 e. The van der Waals surface area contributed by atoms with Crippen molar-refractivity contribution in [3.63, 3.8) is 0 Å². The summed E-state index contributed by atoms with van der Waals surface area (Å²) in [4.78, 5) is 21.3. The predicted molar refractivity (Wildman–Crippen MR) is 87.4 cm³/mol. The third-order valence-corrected chi connectivity index (χ3v) is 4.38. The lowest BCUT2D eigenvalue weighted by Gasteiger charge is -2.26. The predicted octanol–water partition coefficient (Wildman–Crippen LogP) is 3.74. The monoisotopic (exact) mass is 302 g/mol. The molecular formula is C17H22N2OS. The minimum Gasteiger partial charge on any atom is -0.335 e. The molecule has 0 fully saturated rings. The normalized spacial score (nSPS) is 10.9. The van der Waals surface area contributed by atoms with E-state index in [-0.39, 0.29) is 11.9 Å². The van der Waals surface area contributed by atoms with Gasteiger partial charge in [0, 0.05) is 27.7 Å². The molecule has 21 heavy (non-hydrogen) atoms. The lowest BCUT2D eigenvalue weighted by molar-refractivity contribution is -0.132. The quantitative estimate of drug-likeness (QED) is 0.843. The lowest BCUT2D eigenvalue weighted by Crippen LogP contribution is -2.37. The average Bonchev–Trinajstić information content (AvgIpc) is 2.84. The van der Waals surface area contributed by atoms with E-state index >= 15 is 0 Å². The Morgan fingerprint density at radius 2 is 2.00 bits per heavy atom. The molecule has 0 atom stereocenters. The summed E-state index contributed by atoms with van der Waals surface area (Å²) in [7, 11) is 0. The van der Waals surface area contributed by atoms with Crippen molar-refractivity contribution in [1.82, 2.24) is 9.88 Å². The Balaban J connectivity index is 2.06. The Kier molecular flexibility index (Phi) is 5.12. The molecule has 0 aliphatic carbocycles. The summed E-state index contributed by atoms with van der Waals surface area (Å²) >= 11 is 1.75. The van der Waals surface area contributed by atoms with Crippen LogP contribution in [0, 0.1) is 13.8 Å². The van der Waals surface area contributed by atoms with Crippen molar-refractivity contribution in [3.05, 3.63) is 51.5 Å². The van der Waals surface area contributed by atoms with Crippen LogP contribution in [-0.4, -0.2) is 21.8 Å². The van der Waals surface area contributed by atoms with E-state index in [4.69, 9.17) is 0 Å². The number of amides is 1. The molecule has 3 nitrogen and oxygen atoms in total. The van der Waals surface area contributed by atoms with E-state index < -0.39 is 0 Å². The molecule has 0 radical (unpaired) electrons. The van der Waals surface area contributed by atoms with Crippen LogP contribution in [0.5, 0.6) is 0 Å². The van der Waals surface area contributed by atoms with E-state index in [2.05, 4.69) is 37.9 Å². The highest BCUT2D eigenvalue weighted by molar-refractivity contribution is 7.11. The maximum absolute atomic E-state index is 12.6. The number of aryl methyl sites for hydroxylation is 2. The van der Waals surface area contributed by atoms with Crippen molar-refractivity contribution in [3.8, 4) is 0 Å². The second kappa shape index (κ2) is 6.85. The van der Waals surface area contributed by atoms with Gasteiger partial charge in [0.15, 0.2) is 0 Å². The molecule has 0 aliphatic heterocycles. The molecule has 2 heterocycles. The van der Waals surface area contributed by atoms with Crippen molar-refractivity contribution < 1.29 is 4.79 Å². The summed E-state index contributed by atoms with van der Waals surface area (Å²) in [6.07, 6.45) is 2.21. The maximum atomic E-state index is 12.6. The van der Waals surface area contributed by atoms with Crippen LogP contribution in [0.15, 0.2) is 30.5 Å². The van der Waals surface area contributed by atoms with Gasteiger partial charge in [0.25, 0.3) is 0 Å². The van der Waals surface area contributed by atoms with Gasteiger partial charge < -0.3 is 4.90 Å². The summed E-state index contributed by atoms with van der Waals surface area (Å²) in [6.45, 7) is 8.85. The third-order valence-electron chi connectivity index (χ3n) is 3.39. The van der Waals surface area contributed by atoms with Gasteiger partial charge in [-0.05, 0) is 51.5 Å². The van der Waals surface area contributed by atoms with Gasteiger partial charge in [0.2, 0.25) is 5.91 Å². The smallest absolute Gasteiger partial charge is 0.227 e. The molecule has 0 saturated carbocycles. The number of aromatic nitrogens is 1. The number of thiophene rings is 1. The standard InChI is InChI=1S/C17H22N2OS/c1-12(2)19(11-16-8-6-14(4)21-16)17(20)9-15-7-5-13(3)18-10-15/h5-8,10,12H,9,11H2,1-4H3. The summed E-state index contributed by atoms with van der Waals surface area (Å²) in [6, 6.07) is 8.33. The van der Waals surface area contributed by atoms with Crippen molar-refractivity contribution >= 4 is 17.2 Å². The van der Waals surface area contributed by atoms with Gasteiger partial charge in [-0.25, -0.2) is 0 Å². The number of hydrogen-bond acceptors (Lipinski definition) is 3. The molecule has 4 heteroatoms. The van der Waals surface area contributed by atoms with Gasteiger partial charge in [-0.2, -0.15) is 0 Å². The van der Waals surface area contributed by atoms with E-state index in [9.17, 15) is 4.79 Å². The zero-order chi connectivity index (χ0) is 15.4. The van der Waals surface area contributed by atoms with Gasteiger partial charge in [-0.1, -0.05) is 6.07 Å². The highest BCUT2D eigenvalue weighted by atomic mass is 32.1. The van der Waals surface area contributed by atoms with Crippen LogP contribution in [-0.2, 0) is 17.8 Å². The fourth-order valence-electron chi connectivity index (χ4n) is 2.18. The van der Waals surface area contributed by atoms with Gasteiger partial charge in [-0.3, -0.25) is 9.78 Å². The van der Waals surface area contributed by atoms with Crippen molar-refractivity contribution in [2.75, 3.05) is 0 Å². The number of carbonyl (C=O) groups is 1. The molecular weight excluding hydrogens is 280 g/mol. The molecule has 0 unspecified atom stereocenters. The third kappa shape index (κ3) is 4.39. The molecule has 0 bridgehead atoms. The second-order valence-electron chi connectivity index (χ2n) is 5.61. The molecule has 1 amide bonds. The van der Waals surface area contributed by atoms with Crippen LogP contribution in [0.2, 0.25) is 0 Å². The zero-order valence-electron chi connectivity index (χ0n) is 13.1. The largest absolute Gasteiger partial charge is 0.335 e. The van der Waals surface area contributed by atoms with E-state index in [0.29, 0.717) is 13.0 Å². The number of carbonyl (C=O) groups excluding carboxylic acids is 1. The SMILES string of the molecule is Cc1ccc(CC(=O)N(Cc2ccc(C)s2)C(C)C)cn1. The first-order valence-corrected chi connectivity index (χ1v) is 8.03. The summed E-state index contributed by atoms with van der Waals surface area (Å²) < 4.78 is 0. The molecule has 0 saturated heterocycles. The fourth-order valence-corrected chi connectivity index (χ4v) is 3.07. The van der Waals surface area contributed by atoms with Crippen LogP contribution in [0.25, 0.3) is 0 Å². The van der Waals surface area contributed by atoms with E-state index in [1.54, 1.807) is 17.5 Å².